The number of carbonyl (C=O) groups excluding carboxylic acids is 1. The zero-order chi connectivity index (χ0) is 33.2. The van der Waals surface area contributed by atoms with Crippen LogP contribution in [0.25, 0.3) is 27.7 Å². The van der Waals surface area contributed by atoms with Crippen LogP contribution in [0.1, 0.15) is 57.8 Å². The highest BCUT2D eigenvalue weighted by molar-refractivity contribution is 6.38. The molecule has 2 unspecified atom stereocenters. The number of aromatic hydroxyl groups is 1. The molecule has 1 saturated heterocycles. The van der Waals surface area contributed by atoms with Gasteiger partial charge in [-0.1, -0.05) is 51.9 Å². The van der Waals surface area contributed by atoms with E-state index in [4.69, 9.17) is 11.6 Å². The molecule has 2 aromatic heterocycles. The number of anilines is 2. The molecule has 4 aromatic rings. The maximum absolute atomic E-state index is 16.4. The lowest BCUT2D eigenvalue weighted by molar-refractivity contribution is -0.128. The third-order valence-corrected chi connectivity index (χ3v) is 9.23. The minimum absolute atomic E-state index is 0.128. The Hall–Kier alpha value is -4.51. The second-order valence-electron chi connectivity index (χ2n) is 12.5. The monoisotopic (exact) mass is 648 g/mol. The second-order valence-corrected chi connectivity index (χ2v) is 12.9. The summed E-state index contributed by atoms with van der Waals surface area (Å²) in [4.78, 5) is 40.3. The number of pyridine rings is 1. The largest absolute Gasteiger partial charge is 0.507 e. The molecule has 9 nitrogen and oxygen atoms in total. The number of hydrogen-bond acceptors (Lipinski definition) is 7. The molecule has 0 spiro atoms. The highest BCUT2D eigenvalue weighted by Crippen LogP contribution is 2.47. The van der Waals surface area contributed by atoms with Gasteiger partial charge >= 0.3 is 0 Å². The van der Waals surface area contributed by atoms with Crippen molar-refractivity contribution in [3.63, 3.8) is 0 Å². The van der Waals surface area contributed by atoms with Crippen molar-refractivity contribution in [2.24, 2.45) is 0 Å². The number of nitrogens with one attached hydrogen (secondary N) is 1. The topological polar surface area (TPSA) is 104 Å². The van der Waals surface area contributed by atoms with Gasteiger partial charge in [0, 0.05) is 36.6 Å². The summed E-state index contributed by atoms with van der Waals surface area (Å²) in [7, 11) is 0. The summed E-state index contributed by atoms with van der Waals surface area (Å²) in [5.74, 6) is -2.74. The maximum atomic E-state index is 16.4. The minimum Gasteiger partial charge on any atom is -0.507 e. The average Bonchev–Trinajstić information content (AvgIpc) is 3.01. The van der Waals surface area contributed by atoms with Gasteiger partial charge in [-0.15, -0.1) is 0 Å². The molecule has 2 aromatic carbocycles. The number of amides is 1. The standard InChI is InChI=1S/C34H35ClF2N6O3/c1-7-24(45)41-14-19-12-38-30-32(42(19)13-18(41)6)20-11-22(37)26(25-21(36)9-8-10-23(25)44)27(35)31(20)43(34(30)46)33-28(16(2)3)39-15-40-29(33)17(4)5/h7-11,15-19,38,44H,1,12-14H2,2-6H3. The van der Waals surface area contributed by atoms with Gasteiger partial charge < -0.3 is 20.2 Å². The number of carbonyl (C=O) groups is 1. The molecular weight excluding hydrogens is 614 g/mol. The fraction of sp³-hybridized carbons (Fsp3) is 0.353. The van der Waals surface area contributed by atoms with Crippen molar-refractivity contribution in [1.29, 1.82) is 0 Å². The van der Waals surface area contributed by atoms with Gasteiger partial charge in [0.05, 0.1) is 44.9 Å². The third-order valence-electron chi connectivity index (χ3n) is 8.86. The predicted octanol–water partition coefficient (Wildman–Crippen LogP) is 6.35. The molecule has 6 rings (SSSR count). The molecule has 1 fully saturated rings. The SMILES string of the molecule is C=CC(=O)N1CC2CNc3c(c4cc(F)c(-c5c(O)cccc5F)c(Cl)c4n(-c4c(C(C)C)ncnc4C(C)C)c3=O)N2CC1C. The van der Waals surface area contributed by atoms with Crippen molar-refractivity contribution in [3.05, 3.63) is 81.6 Å². The number of fused-ring (bicyclic) bond motifs is 5. The number of piperazine rings is 1. The molecule has 2 atom stereocenters. The van der Waals surface area contributed by atoms with Gasteiger partial charge in [0.15, 0.2) is 0 Å². The number of aromatic nitrogens is 3. The van der Waals surface area contributed by atoms with Crippen LogP contribution in [0.4, 0.5) is 20.2 Å². The Bertz CT molecular complexity index is 1930. The minimum atomic E-state index is -0.876. The van der Waals surface area contributed by atoms with E-state index < -0.39 is 28.5 Å². The summed E-state index contributed by atoms with van der Waals surface area (Å²) in [5.41, 5.74) is 1.13. The quantitative estimate of drug-likeness (QED) is 0.243. The van der Waals surface area contributed by atoms with Gasteiger partial charge in [-0.05, 0) is 43.0 Å². The van der Waals surface area contributed by atoms with Gasteiger partial charge in [0.2, 0.25) is 5.91 Å². The lowest BCUT2D eigenvalue weighted by Gasteiger charge is -2.49. The van der Waals surface area contributed by atoms with E-state index in [1.165, 1.54) is 35.2 Å². The first-order chi connectivity index (χ1) is 21.9. The first-order valence-corrected chi connectivity index (χ1v) is 15.6. The molecular formula is C34H35ClF2N6O3. The van der Waals surface area contributed by atoms with E-state index in [2.05, 4.69) is 21.9 Å². The molecule has 12 heteroatoms. The van der Waals surface area contributed by atoms with E-state index in [0.29, 0.717) is 47.8 Å². The van der Waals surface area contributed by atoms with Gasteiger partial charge in [0.25, 0.3) is 5.56 Å². The van der Waals surface area contributed by atoms with Gasteiger partial charge in [-0.2, -0.15) is 0 Å². The highest BCUT2D eigenvalue weighted by Gasteiger charge is 2.40. The number of hydrogen-bond donors (Lipinski definition) is 2. The van der Waals surface area contributed by atoms with Crippen molar-refractivity contribution in [2.45, 2.75) is 58.5 Å². The molecule has 240 valence electrons. The summed E-state index contributed by atoms with van der Waals surface area (Å²) in [6, 6.07) is 4.40. The zero-order valence-electron chi connectivity index (χ0n) is 26.2. The van der Waals surface area contributed by atoms with Gasteiger partial charge in [-0.25, -0.2) is 18.7 Å². The van der Waals surface area contributed by atoms with E-state index in [1.54, 1.807) is 4.90 Å². The molecule has 4 heterocycles. The van der Waals surface area contributed by atoms with Gasteiger partial charge in [-0.3, -0.25) is 14.2 Å². The van der Waals surface area contributed by atoms with Crippen molar-refractivity contribution < 1.29 is 18.7 Å². The van der Waals surface area contributed by atoms with Crippen molar-refractivity contribution >= 4 is 39.8 Å². The van der Waals surface area contributed by atoms with E-state index in [1.807, 2.05) is 39.5 Å². The molecule has 1 amide bonds. The molecule has 46 heavy (non-hydrogen) atoms. The van der Waals surface area contributed by atoms with E-state index in [0.717, 1.165) is 6.07 Å². The summed E-state index contributed by atoms with van der Waals surface area (Å²) < 4.78 is 33.1. The van der Waals surface area contributed by atoms with E-state index >= 15 is 8.78 Å². The highest BCUT2D eigenvalue weighted by atomic mass is 35.5. The van der Waals surface area contributed by atoms with Crippen LogP contribution in [-0.2, 0) is 4.79 Å². The number of nitrogens with zero attached hydrogens (tertiary/aromatic N) is 5. The zero-order valence-corrected chi connectivity index (χ0v) is 27.0. The van der Waals surface area contributed by atoms with Crippen molar-refractivity contribution in [1.82, 2.24) is 19.4 Å². The van der Waals surface area contributed by atoms with Crippen LogP contribution in [0.5, 0.6) is 5.75 Å². The van der Waals surface area contributed by atoms with Crippen LogP contribution in [0, 0.1) is 11.6 Å². The van der Waals surface area contributed by atoms with Crippen molar-refractivity contribution in [2.75, 3.05) is 29.9 Å². The predicted molar refractivity (Wildman–Crippen MR) is 176 cm³/mol. The molecule has 0 saturated carbocycles. The molecule has 2 aliphatic rings. The molecule has 2 N–H and O–H groups in total. The van der Waals surface area contributed by atoms with Crippen LogP contribution >= 0.6 is 11.6 Å². The number of phenols is 1. The van der Waals surface area contributed by atoms with Crippen molar-refractivity contribution in [3.8, 4) is 22.6 Å². The van der Waals surface area contributed by atoms with Crippen LogP contribution in [0.15, 0.2) is 48.0 Å². The Labute approximate surface area is 270 Å². The summed E-state index contributed by atoms with van der Waals surface area (Å²) in [5, 5.41) is 14.0. The van der Waals surface area contributed by atoms with Crippen LogP contribution < -0.4 is 15.8 Å². The van der Waals surface area contributed by atoms with Crippen LogP contribution in [0.3, 0.4) is 0 Å². The Morgan fingerprint density at radius 3 is 2.37 bits per heavy atom. The number of rotatable bonds is 5. The van der Waals surface area contributed by atoms with Gasteiger partial charge in [0.1, 0.15) is 29.4 Å². The lowest BCUT2D eigenvalue weighted by Crippen LogP contribution is -2.62. The second kappa shape index (κ2) is 11.7. The molecule has 0 radical (unpaired) electrons. The smallest absolute Gasteiger partial charge is 0.281 e. The first-order valence-electron chi connectivity index (χ1n) is 15.2. The summed E-state index contributed by atoms with van der Waals surface area (Å²) in [6.07, 6.45) is 2.73. The Morgan fingerprint density at radius 1 is 1.09 bits per heavy atom. The average molecular weight is 649 g/mol. The number of benzene rings is 2. The fourth-order valence-corrected chi connectivity index (χ4v) is 7.10. The van der Waals surface area contributed by atoms with E-state index in [-0.39, 0.29) is 51.6 Å². The number of halogens is 3. The van der Waals surface area contributed by atoms with Crippen LogP contribution in [-0.4, -0.2) is 62.2 Å². The maximum Gasteiger partial charge on any atom is 0.281 e. The Kier molecular flexibility index (Phi) is 8.00. The Balaban J connectivity index is 1.77. The molecule has 0 bridgehead atoms. The van der Waals surface area contributed by atoms with E-state index in [9.17, 15) is 14.7 Å². The molecule has 0 aliphatic carbocycles. The number of phenolic OH excluding ortho intramolecular Hbond substituents is 1. The first kappa shape index (κ1) is 31.5. The summed E-state index contributed by atoms with van der Waals surface area (Å²) >= 11 is 7.12. The van der Waals surface area contributed by atoms with Crippen LogP contribution in [0.2, 0.25) is 5.02 Å². The normalized spacial score (nSPS) is 17.7. The third kappa shape index (κ3) is 4.79. The summed E-state index contributed by atoms with van der Waals surface area (Å²) in [6.45, 7) is 14.4. The molecule has 2 aliphatic heterocycles. The lowest BCUT2D eigenvalue weighted by atomic mass is 9.95. The fourth-order valence-electron chi connectivity index (χ4n) is 6.73. The Morgan fingerprint density at radius 2 is 1.76 bits per heavy atom.